The molecular formula is C10H16N3O3S-. The van der Waals surface area contributed by atoms with Gasteiger partial charge in [-0.3, -0.25) is 0 Å². The van der Waals surface area contributed by atoms with Crippen molar-refractivity contribution < 1.29 is 14.6 Å². The highest BCUT2D eigenvalue weighted by molar-refractivity contribution is 7.99. The zero-order chi connectivity index (χ0) is 12.7. The average molecular weight is 258 g/mol. The minimum Gasteiger partial charge on any atom is -0.549 e. The maximum atomic E-state index is 10.4. The van der Waals surface area contributed by atoms with E-state index < -0.39 is 5.97 Å². The van der Waals surface area contributed by atoms with Gasteiger partial charge in [0.25, 0.3) is 0 Å². The van der Waals surface area contributed by atoms with Gasteiger partial charge in [0.15, 0.2) is 5.16 Å². The number of carbonyl (C=O) groups excluding carboxylic acids is 1. The summed E-state index contributed by atoms with van der Waals surface area (Å²) >= 11 is 1.12. The lowest BCUT2D eigenvalue weighted by Crippen LogP contribution is -2.24. The summed E-state index contributed by atoms with van der Waals surface area (Å²) in [6, 6.07) is 0. The molecule has 0 saturated carbocycles. The van der Waals surface area contributed by atoms with E-state index in [9.17, 15) is 9.90 Å². The van der Waals surface area contributed by atoms with Gasteiger partial charge < -0.3 is 19.2 Å². The van der Waals surface area contributed by atoms with Crippen LogP contribution in [0.2, 0.25) is 0 Å². The fraction of sp³-hybridized carbons (Fsp3) is 0.700. The second kappa shape index (κ2) is 7.29. The first-order valence-electron chi connectivity index (χ1n) is 5.42. The molecule has 1 aromatic rings. The summed E-state index contributed by atoms with van der Waals surface area (Å²) in [6.45, 7) is 3.24. The number of aryl methyl sites for hydroxylation is 1. The number of carboxylic acid groups (broad SMARTS) is 1. The normalized spacial score (nSPS) is 10.7. The summed E-state index contributed by atoms with van der Waals surface area (Å²) in [5, 5.41) is 19.1. The third-order valence-corrected chi connectivity index (χ3v) is 3.05. The van der Waals surface area contributed by atoms with Gasteiger partial charge in [-0.15, -0.1) is 10.2 Å². The van der Waals surface area contributed by atoms with E-state index >= 15 is 0 Å². The molecule has 0 unspecified atom stereocenters. The number of thioether (sulfide) groups is 1. The van der Waals surface area contributed by atoms with Gasteiger partial charge in [0.05, 0.1) is 12.6 Å². The lowest BCUT2D eigenvalue weighted by Gasteiger charge is -2.09. The van der Waals surface area contributed by atoms with E-state index in [0.29, 0.717) is 18.3 Å². The van der Waals surface area contributed by atoms with Crippen LogP contribution in [0.3, 0.4) is 0 Å². The molecule has 1 aromatic heterocycles. The monoisotopic (exact) mass is 258 g/mol. The fourth-order valence-electron chi connectivity index (χ4n) is 1.36. The predicted molar refractivity (Wildman–Crippen MR) is 61.6 cm³/mol. The van der Waals surface area contributed by atoms with Gasteiger partial charge in [0.1, 0.15) is 5.82 Å². The number of hydrogen-bond donors (Lipinski definition) is 0. The van der Waals surface area contributed by atoms with Crippen molar-refractivity contribution in [3.05, 3.63) is 5.82 Å². The van der Waals surface area contributed by atoms with Crippen LogP contribution in [0.4, 0.5) is 0 Å². The highest BCUT2D eigenvalue weighted by Gasteiger charge is 2.11. The quantitative estimate of drug-likeness (QED) is 0.597. The van der Waals surface area contributed by atoms with Crippen LogP contribution < -0.4 is 5.11 Å². The summed E-state index contributed by atoms with van der Waals surface area (Å²) in [6.07, 6.45) is 1.79. The van der Waals surface area contributed by atoms with E-state index in [1.165, 1.54) is 0 Å². The Morgan fingerprint density at radius 3 is 2.88 bits per heavy atom. The van der Waals surface area contributed by atoms with E-state index in [-0.39, 0.29) is 5.75 Å². The molecule has 0 atom stereocenters. The zero-order valence-electron chi connectivity index (χ0n) is 10.0. The van der Waals surface area contributed by atoms with Crippen LogP contribution in [-0.4, -0.2) is 40.2 Å². The first-order chi connectivity index (χ1) is 8.19. The number of hydrogen-bond acceptors (Lipinski definition) is 6. The van der Waals surface area contributed by atoms with Crippen molar-refractivity contribution in [2.45, 2.75) is 31.5 Å². The predicted octanol–water partition coefficient (Wildman–Crippen LogP) is -0.281. The number of rotatable bonds is 8. The summed E-state index contributed by atoms with van der Waals surface area (Å²) in [4.78, 5) is 10.4. The lowest BCUT2D eigenvalue weighted by molar-refractivity contribution is -0.301. The molecule has 7 heteroatoms. The minimum absolute atomic E-state index is 0.114. The smallest absolute Gasteiger partial charge is 0.191 e. The molecule has 0 aliphatic rings. The molecule has 0 aliphatic heterocycles. The summed E-state index contributed by atoms with van der Waals surface area (Å²) in [5.74, 6) is -0.351. The molecule has 0 spiro atoms. The SMILES string of the molecule is CCCc1nnc(SCC(=O)[O-])n1CCOC. The number of carbonyl (C=O) groups is 1. The molecule has 0 amide bonds. The van der Waals surface area contributed by atoms with Crippen molar-refractivity contribution in [3.63, 3.8) is 0 Å². The van der Waals surface area contributed by atoms with Gasteiger partial charge in [-0.25, -0.2) is 0 Å². The molecular weight excluding hydrogens is 242 g/mol. The van der Waals surface area contributed by atoms with E-state index in [2.05, 4.69) is 17.1 Å². The minimum atomic E-state index is -1.10. The Labute approximate surface area is 104 Å². The van der Waals surface area contributed by atoms with Gasteiger partial charge in [-0.2, -0.15) is 0 Å². The second-order valence-corrected chi connectivity index (χ2v) is 4.40. The van der Waals surface area contributed by atoms with Crippen LogP contribution >= 0.6 is 11.8 Å². The number of aliphatic carboxylic acids is 1. The molecule has 1 heterocycles. The molecule has 0 fully saturated rings. The molecule has 0 N–H and O–H groups in total. The lowest BCUT2D eigenvalue weighted by atomic mass is 10.3. The standard InChI is InChI=1S/C10H17N3O3S/c1-3-4-8-11-12-10(17-7-9(14)15)13(8)5-6-16-2/h3-7H2,1-2H3,(H,14,15)/p-1. The Hall–Kier alpha value is -1.08. The third-order valence-electron chi connectivity index (χ3n) is 2.11. The van der Waals surface area contributed by atoms with Crippen LogP contribution in [0.5, 0.6) is 0 Å². The number of ether oxygens (including phenoxy) is 1. The Morgan fingerprint density at radius 2 is 2.29 bits per heavy atom. The highest BCUT2D eigenvalue weighted by Crippen LogP contribution is 2.17. The average Bonchev–Trinajstić information content (AvgIpc) is 2.67. The van der Waals surface area contributed by atoms with Crippen molar-refractivity contribution in [3.8, 4) is 0 Å². The van der Waals surface area contributed by atoms with E-state index in [1.807, 2.05) is 4.57 Å². The highest BCUT2D eigenvalue weighted by atomic mass is 32.2. The van der Waals surface area contributed by atoms with Crippen molar-refractivity contribution in [1.29, 1.82) is 0 Å². The Morgan fingerprint density at radius 1 is 1.53 bits per heavy atom. The molecule has 1 rings (SSSR count). The maximum absolute atomic E-state index is 10.4. The van der Waals surface area contributed by atoms with Crippen LogP contribution in [0.15, 0.2) is 5.16 Å². The van der Waals surface area contributed by atoms with Crippen molar-refractivity contribution in [2.24, 2.45) is 0 Å². The molecule has 0 bridgehead atoms. The largest absolute Gasteiger partial charge is 0.549 e. The number of nitrogens with zero attached hydrogens (tertiary/aromatic N) is 3. The van der Waals surface area contributed by atoms with E-state index in [4.69, 9.17) is 4.74 Å². The summed E-state index contributed by atoms with van der Waals surface area (Å²) in [7, 11) is 1.62. The second-order valence-electron chi connectivity index (χ2n) is 3.45. The molecule has 96 valence electrons. The zero-order valence-corrected chi connectivity index (χ0v) is 10.8. The Bertz CT molecular complexity index is 368. The maximum Gasteiger partial charge on any atom is 0.191 e. The van der Waals surface area contributed by atoms with Crippen molar-refractivity contribution >= 4 is 17.7 Å². The van der Waals surface area contributed by atoms with Crippen LogP contribution in [0.25, 0.3) is 0 Å². The number of carboxylic acids is 1. The summed E-state index contributed by atoms with van der Waals surface area (Å²) < 4.78 is 6.92. The molecule has 0 aromatic carbocycles. The third kappa shape index (κ3) is 4.35. The number of aromatic nitrogens is 3. The van der Waals surface area contributed by atoms with Crippen LogP contribution in [-0.2, 0) is 22.5 Å². The van der Waals surface area contributed by atoms with E-state index in [0.717, 1.165) is 30.4 Å². The van der Waals surface area contributed by atoms with Gasteiger partial charge in [-0.05, 0) is 6.42 Å². The molecule has 0 saturated heterocycles. The topological polar surface area (TPSA) is 80.1 Å². The number of methoxy groups -OCH3 is 1. The Kier molecular flexibility index (Phi) is 5.99. The van der Waals surface area contributed by atoms with Crippen LogP contribution in [0.1, 0.15) is 19.2 Å². The van der Waals surface area contributed by atoms with Gasteiger partial charge in [0.2, 0.25) is 0 Å². The molecule has 0 aliphatic carbocycles. The van der Waals surface area contributed by atoms with Gasteiger partial charge in [-0.1, -0.05) is 18.7 Å². The molecule has 17 heavy (non-hydrogen) atoms. The fourth-order valence-corrected chi connectivity index (χ4v) is 2.06. The Balaban J connectivity index is 2.75. The molecule has 0 radical (unpaired) electrons. The molecule has 6 nitrogen and oxygen atoms in total. The van der Waals surface area contributed by atoms with Gasteiger partial charge in [0, 0.05) is 25.8 Å². The van der Waals surface area contributed by atoms with Crippen molar-refractivity contribution in [2.75, 3.05) is 19.5 Å². The first kappa shape index (κ1) is 14.0. The summed E-state index contributed by atoms with van der Waals surface area (Å²) in [5.41, 5.74) is 0. The van der Waals surface area contributed by atoms with Crippen LogP contribution in [0, 0.1) is 0 Å². The van der Waals surface area contributed by atoms with Gasteiger partial charge >= 0.3 is 0 Å². The first-order valence-corrected chi connectivity index (χ1v) is 6.41. The van der Waals surface area contributed by atoms with Crippen molar-refractivity contribution in [1.82, 2.24) is 14.8 Å². The van der Waals surface area contributed by atoms with E-state index in [1.54, 1.807) is 7.11 Å².